The lowest BCUT2D eigenvalue weighted by atomic mass is 9.92. The number of hydrogen-bond donors (Lipinski definition) is 0. The Labute approximate surface area is 118 Å². The highest BCUT2D eigenvalue weighted by atomic mass is 32.1. The minimum Gasteiger partial charge on any atom is -0.355 e. The smallest absolute Gasteiger partial charge is 0.141 e. The van der Waals surface area contributed by atoms with Gasteiger partial charge in [-0.15, -0.1) is 11.3 Å². The Balaban J connectivity index is 2.08. The summed E-state index contributed by atoms with van der Waals surface area (Å²) in [6, 6.07) is 2.23. The number of aryl methyl sites for hydroxylation is 2. The van der Waals surface area contributed by atoms with Gasteiger partial charge in [-0.2, -0.15) is 0 Å². The van der Waals surface area contributed by atoms with Crippen LogP contribution in [0.1, 0.15) is 31.0 Å². The molecule has 0 spiro atoms. The first-order chi connectivity index (χ1) is 9.02. The Bertz CT molecular complexity index is 595. The van der Waals surface area contributed by atoms with Gasteiger partial charge in [0.1, 0.15) is 16.5 Å². The zero-order chi connectivity index (χ0) is 13.6. The fourth-order valence-corrected chi connectivity index (χ4v) is 4.13. The van der Waals surface area contributed by atoms with Crippen LogP contribution in [0.15, 0.2) is 6.07 Å². The average Bonchev–Trinajstić information content (AvgIpc) is 2.66. The normalized spacial score (nSPS) is 24.1. The van der Waals surface area contributed by atoms with E-state index in [9.17, 15) is 0 Å². The van der Waals surface area contributed by atoms with Crippen molar-refractivity contribution < 1.29 is 0 Å². The SMILES string of the molecule is Cc1nc(N2CC(C)CC(C)C2)c2cc(C)sc2n1. The van der Waals surface area contributed by atoms with E-state index in [4.69, 9.17) is 4.98 Å². The van der Waals surface area contributed by atoms with Gasteiger partial charge in [-0.1, -0.05) is 13.8 Å². The van der Waals surface area contributed by atoms with Crippen LogP contribution in [-0.2, 0) is 0 Å². The Hall–Kier alpha value is -1.16. The molecule has 102 valence electrons. The second-order valence-electron chi connectivity index (χ2n) is 6.02. The number of anilines is 1. The molecule has 2 aromatic rings. The highest BCUT2D eigenvalue weighted by Crippen LogP contribution is 2.33. The van der Waals surface area contributed by atoms with Gasteiger partial charge in [0, 0.05) is 18.0 Å². The minimum atomic E-state index is 0.744. The van der Waals surface area contributed by atoms with Gasteiger partial charge in [0.05, 0.1) is 5.39 Å². The van der Waals surface area contributed by atoms with Crippen LogP contribution in [0.25, 0.3) is 10.2 Å². The third-order valence-electron chi connectivity index (χ3n) is 3.78. The Morgan fingerprint density at radius 1 is 1.16 bits per heavy atom. The third-order valence-corrected chi connectivity index (χ3v) is 4.72. The van der Waals surface area contributed by atoms with E-state index in [1.165, 1.54) is 16.7 Å². The van der Waals surface area contributed by atoms with Crippen molar-refractivity contribution in [2.24, 2.45) is 11.8 Å². The van der Waals surface area contributed by atoms with Crippen molar-refractivity contribution in [3.63, 3.8) is 0 Å². The van der Waals surface area contributed by atoms with E-state index >= 15 is 0 Å². The van der Waals surface area contributed by atoms with Gasteiger partial charge in [-0.3, -0.25) is 0 Å². The maximum Gasteiger partial charge on any atom is 0.141 e. The van der Waals surface area contributed by atoms with Gasteiger partial charge >= 0.3 is 0 Å². The molecule has 0 radical (unpaired) electrons. The maximum atomic E-state index is 4.73. The molecule has 1 fully saturated rings. The molecule has 0 N–H and O–H groups in total. The molecule has 1 aliphatic rings. The Morgan fingerprint density at radius 2 is 1.84 bits per heavy atom. The van der Waals surface area contributed by atoms with Crippen molar-refractivity contribution in [1.29, 1.82) is 0 Å². The highest BCUT2D eigenvalue weighted by molar-refractivity contribution is 7.18. The summed E-state index contributed by atoms with van der Waals surface area (Å²) >= 11 is 1.77. The quantitative estimate of drug-likeness (QED) is 0.793. The molecule has 2 aromatic heterocycles. The number of fused-ring (bicyclic) bond motifs is 1. The van der Waals surface area contributed by atoms with Crippen LogP contribution in [0.5, 0.6) is 0 Å². The number of hydrogen-bond acceptors (Lipinski definition) is 4. The maximum absolute atomic E-state index is 4.73. The van der Waals surface area contributed by atoms with E-state index in [0.29, 0.717) is 0 Å². The van der Waals surface area contributed by atoms with Gasteiger partial charge in [0.25, 0.3) is 0 Å². The fourth-order valence-electron chi connectivity index (χ4n) is 3.21. The zero-order valence-electron chi connectivity index (χ0n) is 12.1. The van der Waals surface area contributed by atoms with Crippen LogP contribution >= 0.6 is 11.3 Å². The molecule has 0 amide bonds. The topological polar surface area (TPSA) is 29.0 Å². The van der Waals surface area contributed by atoms with Crippen LogP contribution in [0.2, 0.25) is 0 Å². The molecule has 0 bridgehead atoms. The minimum absolute atomic E-state index is 0.744. The lowest BCUT2D eigenvalue weighted by Crippen LogP contribution is -2.39. The van der Waals surface area contributed by atoms with E-state index in [0.717, 1.165) is 41.4 Å². The Kier molecular flexibility index (Phi) is 3.21. The molecule has 2 unspecified atom stereocenters. The van der Waals surface area contributed by atoms with Crippen LogP contribution in [-0.4, -0.2) is 23.1 Å². The summed E-state index contributed by atoms with van der Waals surface area (Å²) in [5.74, 6) is 3.52. The summed E-state index contributed by atoms with van der Waals surface area (Å²) in [7, 11) is 0. The number of aromatic nitrogens is 2. The molecule has 1 saturated heterocycles. The van der Waals surface area contributed by atoms with Gasteiger partial charge in [0.15, 0.2) is 0 Å². The number of rotatable bonds is 1. The summed E-state index contributed by atoms with van der Waals surface area (Å²) in [4.78, 5) is 14.2. The van der Waals surface area contributed by atoms with Crippen LogP contribution < -0.4 is 4.90 Å². The van der Waals surface area contributed by atoms with Crippen LogP contribution in [0.3, 0.4) is 0 Å². The van der Waals surface area contributed by atoms with Crippen LogP contribution in [0, 0.1) is 25.7 Å². The Morgan fingerprint density at radius 3 is 2.53 bits per heavy atom. The predicted octanol–water partition coefficient (Wildman–Crippen LogP) is 3.79. The van der Waals surface area contributed by atoms with Crippen molar-refractivity contribution in [2.45, 2.75) is 34.1 Å². The van der Waals surface area contributed by atoms with Crippen molar-refractivity contribution in [1.82, 2.24) is 9.97 Å². The second kappa shape index (κ2) is 4.75. The largest absolute Gasteiger partial charge is 0.355 e. The van der Waals surface area contributed by atoms with Crippen LogP contribution in [0.4, 0.5) is 5.82 Å². The van der Waals surface area contributed by atoms with Gasteiger partial charge in [0.2, 0.25) is 0 Å². The van der Waals surface area contributed by atoms with Crippen molar-refractivity contribution in [2.75, 3.05) is 18.0 Å². The third kappa shape index (κ3) is 2.46. The molecular weight excluding hydrogens is 254 g/mol. The van der Waals surface area contributed by atoms with E-state index in [-0.39, 0.29) is 0 Å². The summed E-state index contributed by atoms with van der Waals surface area (Å²) in [5.41, 5.74) is 0. The highest BCUT2D eigenvalue weighted by Gasteiger charge is 2.24. The van der Waals surface area contributed by atoms with Gasteiger partial charge < -0.3 is 4.90 Å². The van der Waals surface area contributed by atoms with E-state index in [1.807, 2.05) is 6.92 Å². The first-order valence-corrected chi connectivity index (χ1v) is 7.84. The summed E-state index contributed by atoms with van der Waals surface area (Å²) < 4.78 is 0. The first-order valence-electron chi connectivity index (χ1n) is 7.02. The van der Waals surface area contributed by atoms with Crippen molar-refractivity contribution >= 4 is 27.4 Å². The molecule has 2 atom stereocenters. The molecule has 0 saturated carbocycles. The average molecular weight is 275 g/mol. The second-order valence-corrected chi connectivity index (χ2v) is 7.26. The first kappa shape index (κ1) is 12.9. The number of nitrogens with zero attached hydrogens (tertiary/aromatic N) is 3. The van der Waals surface area contributed by atoms with Crippen molar-refractivity contribution in [3.05, 3.63) is 16.8 Å². The lowest BCUT2D eigenvalue weighted by Gasteiger charge is -2.36. The molecule has 4 heteroatoms. The standard InChI is InChI=1S/C15H21N3S/c1-9-5-10(2)8-18(7-9)14-13-6-11(3)19-15(13)17-12(4)16-14/h6,9-10H,5,7-8H2,1-4H3. The summed E-state index contributed by atoms with van der Waals surface area (Å²) in [5, 5.41) is 1.23. The summed E-state index contributed by atoms with van der Waals surface area (Å²) in [6.45, 7) is 11.1. The molecule has 3 heterocycles. The van der Waals surface area contributed by atoms with Gasteiger partial charge in [-0.05, 0) is 38.2 Å². The summed E-state index contributed by atoms with van der Waals surface area (Å²) in [6.07, 6.45) is 1.33. The van der Waals surface area contributed by atoms with Crippen molar-refractivity contribution in [3.8, 4) is 0 Å². The predicted molar refractivity (Wildman–Crippen MR) is 82.0 cm³/mol. The molecule has 0 aromatic carbocycles. The molecule has 19 heavy (non-hydrogen) atoms. The number of piperidine rings is 1. The molecule has 1 aliphatic heterocycles. The molecule has 0 aliphatic carbocycles. The molecular formula is C15H21N3S. The zero-order valence-corrected chi connectivity index (χ0v) is 12.9. The lowest BCUT2D eigenvalue weighted by molar-refractivity contribution is 0.355. The molecule has 3 nitrogen and oxygen atoms in total. The van der Waals surface area contributed by atoms with E-state index < -0.39 is 0 Å². The van der Waals surface area contributed by atoms with Gasteiger partial charge in [-0.25, -0.2) is 9.97 Å². The van der Waals surface area contributed by atoms with E-state index in [1.54, 1.807) is 11.3 Å². The fraction of sp³-hybridized carbons (Fsp3) is 0.600. The van der Waals surface area contributed by atoms with E-state index in [2.05, 4.69) is 36.7 Å². The monoisotopic (exact) mass is 275 g/mol. The number of thiophene rings is 1. The molecule has 3 rings (SSSR count).